The maximum Gasteiger partial charge on any atom is 0.280 e. The van der Waals surface area contributed by atoms with Gasteiger partial charge in [-0.2, -0.15) is 5.10 Å². The van der Waals surface area contributed by atoms with Crippen LogP contribution in [0.1, 0.15) is 23.0 Å². The van der Waals surface area contributed by atoms with Gasteiger partial charge in [0.2, 0.25) is 5.43 Å². The molecule has 1 amide bonds. The highest BCUT2D eigenvalue weighted by Gasteiger charge is 2.17. The van der Waals surface area contributed by atoms with Gasteiger partial charge in [0.15, 0.2) is 5.69 Å². The van der Waals surface area contributed by atoms with Crippen molar-refractivity contribution in [2.45, 2.75) is 20.4 Å². The Bertz CT molecular complexity index is 944. The third-order valence-electron chi connectivity index (χ3n) is 3.65. The first-order valence-corrected chi connectivity index (χ1v) is 7.48. The fraction of sp³-hybridized carbons (Fsp3) is 0.167. The molecule has 0 aliphatic rings. The van der Waals surface area contributed by atoms with Gasteiger partial charge in [-0.25, -0.2) is 0 Å². The minimum Gasteiger partial charge on any atom is -0.320 e. The van der Waals surface area contributed by atoms with E-state index in [0.717, 1.165) is 11.1 Å². The Morgan fingerprint density at radius 1 is 1.17 bits per heavy atom. The van der Waals surface area contributed by atoms with Crippen LogP contribution in [0.3, 0.4) is 0 Å². The Hall–Kier alpha value is -2.95. The molecule has 1 N–H and O–H groups in total. The van der Waals surface area contributed by atoms with E-state index in [0.29, 0.717) is 17.6 Å². The molecular weight excluding hydrogens is 290 g/mol. The Kier molecular flexibility index (Phi) is 3.93. The number of amides is 1. The molecule has 3 aromatic rings. The number of nitrogens with one attached hydrogen (secondary N) is 1. The number of para-hydroxylation sites is 1. The molecule has 0 aliphatic heterocycles. The standard InChI is InChI=1S/C18H17N3O2/c1-3-21-15-10-5-4-9-14(15)17(22)16(20-21)18(23)19-13-8-6-7-12(2)11-13/h4-11H,3H2,1-2H3,(H,19,23). The molecule has 3 rings (SSSR count). The fourth-order valence-corrected chi connectivity index (χ4v) is 2.54. The predicted octanol–water partition coefficient (Wildman–Crippen LogP) is 2.98. The number of nitrogens with zero attached hydrogens (tertiary/aromatic N) is 2. The number of aryl methyl sites for hydroxylation is 2. The van der Waals surface area contributed by atoms with Crippen LogP contribution in [-0.2, 0) is 6.54 Å². The van der Waals surface area contributed by atoms with Crippen molar-refractivity contribution in [1.29, 1.82) is 0 Å². The van der Waals surface area contributed by atoms with Crippen molar-refractivity contribution in [3.63, 3.8) is 0 Å². The molecule has 0 radical (unpaired) electrons. The Morgan fingerprint density at radius 2 is 1.96 bits per heavy atom. The fourth-order valence-electron chi connectivity index (χ4n) is 2.54. The molecule has 0 unspecified atom stereocenters. The van der Waals surface area contributed by atoms with Gasteiger partial charge in [-0.3, -0.25) is 14.3 Å². The van der Waals surface area contributed by atoms with Crippen molar-refractivity contribution in [2.24, 2.45) is 0 Å². The van der Waals surface area contributed by atoms with Crippen LogP contribution in [0.15, 0.2) is 53.3 Å². The summed E-state index contributed by atoms with van der Waals surface area (Å²) in [4.78, 5) is 25.0. The van der Waals surface area contributed by atoms with Gasteiger partial charge in [0.05, 0.1) is 5.52 Å². The lowest BCUT2D eigenvalue weighted by molar-refractivity contribution is 0.101. The molecule has 0 atom stereocenters. The van der Waals surface area contributed by atoms with E-state index in [1.165, 1.54) is 0 Å². The number of benzene rings is 2. The number of carbonyl (C=O) groups excluding carboxylic acids is 1. The van der Waals surface area contributed by atoms with Gasteiger partial charge in [0.1, 0.15) is 0 Å². The summed E-state index contributed by atoms with van der Waals surface area (Å²) in [5, 5.41) is 7.47. The molecule has 0 spiro atoms. The second kappa shape index (κ2) is 6.04. The topological polar surface area (TPSA) is 64.0 Å². The quantitative estimate of drug-likeness (QED) is 0.809. The van der Waals surface area contributed by atoms with Gasteiger partial charge in [-0.15, -0.1) is 0 Å². The Labute approximate surface area is 133 Å². The van der Waals surface area contributed by atoms with E-state index in [1.807, 2.05) is 44.2 Å². The van der Waals surface area contributed by atoms with Crippen LogP contribution < -0.4 is 10.7 Å². The van der Waals surface area contributed by atoms with Gasteiger partial charge in [0.25, 0.3) is 5.91 Å². The van der Waals surface area contributed by atoms with Crippen LogP contribution in [0.4, 0.5) is 5.69 Å². The largest absolute Gasteiger partial charge is 0.320 e. The van der Waals surface area contributed by atoms with E-state index >= 15 is 0 Å². The number of rotatable bonds is 3. The van der Waals surface area contributed by atoms with Crippen LogP contribution in [0.2, 0.25) is 0 Å². The van der Waals surface area contributed by atoms with E-state index in [9.17, 15) is 9.59 Å². The molecule has 1 heterocycles. The van der Waals surface area contributed by atoms with E-state index in [2.05, 4.69) is 10.4 Å². The van der Waals surface area contributed by atoms with Crippen molar-refractivity contribution in [3.8, 4) is 0 Å². The first-order chi connectivity index (χ1) is 11.1. The number of aromatic nitrogens is 2. The summed E-state index contributed by atoms with van der Waals surface area (Å²) in [6.07, 6.45) is 0. The highest BCUT2D eigenvalue weighted by molar-refractivity contribution is 6.04. The summed E-state index contributed by atoms with van der Waals surface area (Å²) >= 11 is 0. The molecule has 0 fully saturated rings. The smallest absolute Gasteiger partial charge is 0.280 e. The first-order valence-electron chi connectivity index (χ1n) is 7.48. The lowest BCUT2D eigenvalue weighted by atomic mass is 10.2. The molecule has 0 bridgehead atoms. The molecular formula is C18H17N3O2. The molecule has 0 saturated heterocycles. The van der Waals surface area contributed by atoms with Crippen molar-refractivity contribution < 1.29 is 4.79 Å². The Morgan fingerprint density at radius 3 is 2.70 bits per heavy atom. The molecule has 0 aliphatic carbocycles. The monoisotopic (exact) mass is 307 g/mol. The lowest BCUT2D eigenvalue weighted by Gasteiger charge is -2.10. The van der Waals surface area contributed by atoms with Crippen LogP contribution in [-0.4, -0.2) is 15.7 Å². The van der Waals surface area contributed by atoms with Gasteiger partial charge < -0.3 is 5.32 Å². The predicted molar refractivity (Wildman–Crippen MR) is 90.8 cm³/mol. The minimum atomic E-state index is -0.492. The van der Waals surface area contributed by atoms with Gasteiger partial charge in [-0.1, -0.05) is 24.3 Å². The van der Waals surface area contributed by atoms with Crippen molar-refractivity contribution in [1.82, 2.24) is 9.78 Å². The first kappa shape index (κ1) is 15.0. The zero-order chi connectivity index (χ0) is 16.4. The molecule has 0 saturated carbocycles. The number of fused-ring (bicyclic) bond motifs is 1. The lowest BCUT2D eigenvalue weighted by Crippen LogP contribution is -2.27. The summed E-state index contributed by atoms with van der Waals surface area (Å²) in [6.45, 7) is 4.44. The summed E-state index contributed by atoms with van der Waals surface area (Å²) in [6, 6.07) is 14.6. The van der Waals surface area contributed by atoms with Gasteiger partial charge >= 0.3 is 0 Å². The number of anilines is 1. The third kappa shape index (κ3) is 2.85. The summed E-state index contributed by atoms with van der Waals surface area (Å²) in [5.41, 5.74) is 1.96. The second-order valence-electron chi connectivity index (χ2n) is 5.33. The average Bonchev–Trinajstić information content (AvgIpc) is 2.55. The normalized spacial score (nSPS) is 10.7. The van der Waals surface area contributed by atoms with Crippen molar-refractivity contribution >= 4 is 22.5 Å². The highest BCUT2D eigenvalue weighted by atomic mass is 16.2. The molecule has 2 aromatic carbocycles. The summed E-state index contributed by atoms with van der Waals surface area (Å²) in [7, 11) is 0. The molecule has 116 valence electrons. The van der Waals surface area contributed by atoms with Crippen LogP contribution in [0, 0.1) is 6.92 Å². The van der Waals surface area contributed by atoms with Gasteiger partial charge in [-0.05, 0) is 43.7 Å². The summed E-state index contributed by atoms with van der Waals surface area (Å²) < 4.78 is 1.67. The van der Waals surface area contributed by atoms with E-state index < -0.39 is 5.91 Å². The number of hydrogen-bond acceptors (Lipinski definition) is 3. The maximum absolute atomic E-state index is 12.6. The molecule has 23 heavy (non-hydrogen) atoms. The van der Waals surface area contributed by atoms with Gasteiger partial charge in [0, 0.05) is 17.6 Å². The molecule has 5 nitrogen and oxygen atoms in total. The minimum absolute atomic E-state index is 0.0907. The zero-order valence-corrected chi connectivity index (χ0v) is 13.0. The molecule has 5 heteroatoms. The second-order valence-corrected chi connectivity index (χ2v) is 5.33. The zero-order valence-electron chi connectivity index (χ0n) is 13.0. The third-order valence-corrected chi connectivity index (χ3v) is 3.65. The van der Waals surface area contributed by atoms with Crippen LogP contribution in [0.5, 0.6) is 0 Å². The van der Waals surface area contributed by atoms with Crippen molar-refractivity contribution in [2.75, 3.05) is 5.32 Å². The highest BCUT2D eigenvalue weighted by Crippen LogP contribution is 2.12. The van der Waals surface area contributed by atoms with Crippen LogP contribution >= 0.6 is 0 Å². The van der Waals surface area contributed by atoms with Crippen LogP contribution in [0.25, 0.3) is 10.9 Å². The van der Waals surface area contributed by atoms with E-state index in [4.69, 9.17) is 0 Å². The number of hydrogen-bond donors (Lipinski definition) is 1. The Balaban J connectivity index is 2.07. The average molecular weight is 307 g/mol. The maximum atomic E-state index is 12.6. The molecule has 1 aromatic heterocycles. The number of carbonyl (C=O) groups is 1. The van der Waals surface area contributed by atoms with E-state index in [-0.39, 0.29) is 11.1 Å². The van der Waals surface area contributed by atoms with E-state index in [1.54, 1.807) is 22.9 Å². The summed E-state index contributed by atoms with van der Waals surface area (Å²) in [5.74, 6) is -0.492. The SMILES string of the molecule is CCn1nc(C(=O)Nc2cccc(C)c2)c(=O)c2ccccc21. The van der Waals surface area contributed by atoms with Crippen molar-refractivity contribution in [3.05, 3.63) is 70.0 Å².